The zero-order chi connectivity index (χ0) is 6.97. The Morgan fingerprint density at radius 2 is 2.40 bits per heavy atom. The van der Waals surface area contributed by atoms with Gasteiger partial charge in [0.1, 0.15) is 5.65 Å². The van der Waals surface area contributed by atoms with Crippen LogP contribution in [-0.4, -0.2) is 9.38 Å². The third kappa shape index (κ3) is 0.692. The van der Waals surface area contributed by atoms with E-state index in [2.05, 4.69) is 11.1 Å². The number of pyridine rings is 1. The molecule has 49 valence electrons. The second-order valence-corrected chi connectivity index (χ2v) is 2.28. The first-order valence-corrected chi connectivity index (χ1v) is 3.18. The van der Waals surface area contributed by atoms with Crippen molar-refractivity contribution in [3.8, 4) is 0 Å². The number of nitrogens with zero attached hydrogens (tertiary/aromatic N) is 2. The highest BCUT2D eigenvalue weighted by Gasteiger charge is 1.91. The number of rotatable bonds is 0. The van der Waals surface area contributed by atoms with Crippen molar-refractivity contribution < 1.29 is 0 Å². The lowest BCUT2D eigenvalue weighted by Crippen LogP contribution is -1.82. The van der Waals surface area contributed by atoms with Gasteiger partial charge in [-0.05, 0) is 18.6 Å². The normalized spacial score (nSPS) is 10.5. The highest BCUT2D eigenvalue weighted by Crippen LogP contribution is 2.01. The minimum atomic E-state index is 0.889. The number of hydrogen-bond donors (Lipinski definition) is 0. The highest BCUT2D eigenvalue weighted by molar-refractivity contribution is 5.38. The van der Waals surface area contributed by atoms with Gasteiger partial charge in [-0.2, -0.15) is 0 Å². The van der Waals surface area contributed by atoms with Gasteiger partial charge in [0.15, 0.2) is 0 Å². The van der Waals surface area contributed by atoms with Gasteiger partial charge in [-0.15, -0.1) is 0 Å². The molecule has 10 heavy (non-hydrogen) atoms. The lowest BCUT2D eigenvalue weighted by molar-refractivity contribution is 1.17. The van der Waals surface area contributed by atoms with Crippen LogP contribution >= 0.6 is 0 Å². The van der Waals surface area contributed by atoms with E-state index in [9.17, 15) is 0 Å². The van der Waals surface area contributed by atoms with Gasteiger partial charge >= 0.3 is 0 Å². The Morgan fingerprint density at radius 1 is 1.50 bits per heavy atom. The third-order valence-electron chi connectivity index (χ3n) is 1.46. The van der Waals surface area contributed by atoms with Gasteiger partial charge in [0.2, 0.25) is 0 Å². The quantitative estimate of drug-likeness (QED) is 0.529. The maximum atomic E-state index is 4.09. The summed E-state index contributed by atoms with van der Waals surface area (Å²) in [6.07, 6.45) is 5.66. The summed E-state index contributed by atoms with van der Waals surface area (Å²) in [5.41, 5.74) is 2.01. The van der Waals surface area contributed by atoms with Gasteiger partial charge in [-0.3, -0.25) is 0 Å². The zero-order valence-electron chi connectivity index (χ0n) is 5.70. The van der Waals surface area contributed by atoms with Crippen molar-refractivity contribution in [2.24, 2.45) is 0 Å². The largest absolute Gasteiger partial charge is 0.307 e. The Bertz CT molecular complexity index is 349. The summed E-state index contributed by atoms with van der Waals surface area (Å²) in [6, 6.07) is 5.13. The van der Waals surface area contributed by atoms with Crippen LogP contribution in [0, 0.1) is 13.0 Å². The monoisotopic (exact) mass is 131 g/mol. The number of imidazole rings is 1. The van der Waals surface area contributed by atoms with Crippen LogP contribution in [0.15, 0.2) is 24.7 Å². The van der Waals surface area contributed by atoms with E-state index in [1.54, 1.807) is 6.20 Å². The van der Waals surface area contributed by atoms with Crippen LogP contribution in [0.1, 0.15) is 5.56 Å². The molecule has 0 atom stereocenters. The van der Waals surface area contributed by atoms with Crippen molar-refractivity contribution in [1.29, 1.82) is 0 Å². The molecule has 0 bridgehead atoms. The topological polar surface area (TPSA) is 17.3 Å². The molecule has 0 aromatic carbocycles. The average Bonchev–Trinajstić information content (AvgIpc) is 2.33. The number of aryl methyl sites for hydroxylation is 1. The molecule has 0 spiro atoms. The molecule has 0 saturated carbocycles. The van der Waals surface area contributed by atoms with Crippen molar-refractivity contribution in [1.82, 2.24) is 9.38 Å². The van der Waals surface area contributed by atoms with Crippen LogP contribution in [0.3, 0.4) is 0 Å². The summed E-state index contributed by atoms with van der Waals surface area (Å²) in [4.78, 5) is 4.09. The van der Waals surface area contributed by atoms with E-state index in [4.69, 9.17) is 0 Å². The smallest absolute Gasteiger partial charge is 0.144 e. The molecule has 0 aliphatic carbocycles. The van der Waals surface area contributed by atoms with Crippen molar-refractivity contribution in [3.05, 3.63) is 36.3 Å². The maximum absolute atomic E-state index is 4.09. The summed E-state index contributed by atoms with van der Waals surface area (Å²) in [7, 11) is 0. The molecular formula is C8H7N2. The predicted octanol–water partition coefficient (Wildman–Crippen LogP) is 1.44. The van der Waals surface area contributed by atoms with E-state index in [1.165, 1.54) is 0 Å². The molecule has 0 N–H and O–H groups in total. The van der Waals surface area contributed by atoms with Crippen molar-refractivity contribution in [2.75, 3.05) is 0 Å². The molecular weight excluding hydrogens is 124 g/mol. The molecule has 2 heterocycles. The molecule has 2 aromatic rings. The molecule has 2 rings (SSSR count). The second kappa shape index (κ2) is 1.84. The van der Waals surface area contributed by atoms with Gasteiger partial charge in [-0.1, -0.05) is 0 Å². The van der Waals surface area contributed by atoms with Gasteiger partial charge in [-0.25, -0.2) is 4.98 Å². The molecule has 0 fully saturated rings. The lowest BCUT2D eigenvalue weighted by Gasteiger charge is -1.91. The zero-order valence-corrected chi connectivity index (χ0v) is 5.70. The van der Waals surface area contributed by atoms with E-state index < -0.39 is 0 Å². The first-order valence-electron chi connectivity index (χ1n) is 3.18. The Kier molecular flexibility index (Phi) is 1.01. The van der Waals surface area contributed by atoms with E-state index in [-0.39, 0.29) is 0 Å². The van der Waals surface area contributed by atoms with Crippen LogP contribution in [-0.2, 0) is 0 Å². The SMILES string of the molecule is Cc1[c]c2nccn2cc1. The molecule has 1 radical (unpaired) electrons. The van der Waals surface area contributed by atoms with Gasteiger partial charge in [0, 0.05) is 24.7 Å². The number of hydrogen-bond acceptors (Lipinski definition) is 1. The van der Waals surface area contributed by atoms with Crippen molar-refractivity contribution in [3.63, 3.8) is 0 Å². The molecule has 0 saturated heterocycles. The maximum Gasteiger partial charge on any atom is 0.144 e. The molecule has 0 amide bonds. The minimum Gasteiger partial charge on any atom is -0.307 e. The fraction of sp³-hybridized carbons (Fsp3) is 0.125. The predicted molar refractivity (Wildman–Crippen MR) is 38.8 cm³/mol. The number of fused-ring (bicyclic) bond motifs is 1. The highest BCUT2D eigenvalue weighted by atomic mass is 15.0. The van der Waals surface area contributed by atoms with Gasteiger partial charge < -0.3 is 4.40 Å². The molecule has 2 heteroatoms. The van der Waals surface area contributed by atoms with Crippen molar-refractivity contribution in [2.45, 2.75) is 6.92 Å². The van der Waals surface area contributed by atoms with Gasteiger partial charge in [0.05, 0.1) is 0 Å². The molecule has 0 aliphatic rings. The van der Waals surface area contributed by atoms with Crippen LogP contribution in [0.5, 0.6) is 0 Å². The fourth-order valence-electron chi connectivity index (χ4n) is 0.940. The average molecular weight is 131 g/mol. The number of aromatic nitrogens is 2. The van der Waals surface area contributed by atoms with E-state index >= 15 is 0 Å². The summed E-state index contributed by atoms with van der Waals surface area (Å²) < 4.78 is 1.94. The fourth-order valence-corrected chi connectivity index (χ4v) is 0.940. The summed E-state index contributed by atoms with van der Waals surface area (Å²) in [6.45, 7) is 2.01. The second-order valence-electron chi connectivity index (χ2n) is 2.28. The first-order chi connectivity index (χ1) is 4.86. The molecule has 2 nitrogen and oxygen atoms in total. The van der Waals surface area contributed by atoms with Crippen molar-refractivity contribution >= 4 is 5.65 Å². The van der Waals surface area contributed by atoms with Crippen LogP contribution in [0.25, 0.3) is 5.65 Å². The molecule has 2 aromatic heterocycles. The van der Waals surface area contributed by atoms with Crippen LogP contribution in [0.4, 0.5) is 0 Å². The summed E-state index contributed by atoms with van der Waals surface area (Å²) in [5.74, 6) is 0. The van der Waals surface area contributed by atoms with Gasteiger partial charge in [0.25, 0.3) is 0 Å². The Hall–Kier alpha value is -1.31. The Labute approximate surface area is 59.1 Å². The van der Waals surface area contributed by atoms with Crippen LogP contribution < -0.4 is 0 Å². The Morgan fingerprint density at radius 3 is 3.30 bits per heavy atom. The first kappa shape index (κ1) is 5.47. The lowest BCUT2D eigenvalue weighted by atomic mass is 10.3. The summed E-state index contributed by atoms with van der Waals surface area (Å²) >= 11 is 0. The third-order valence-corrected chi connectivity index (χ3v) is 1.46. The standard InChI is InChI=1S/C8H7N2/c1-7-2-4-10-5-3-9-8(10)6-7/h2-5H,1H3. The van der Waals surface area contributed by atoms with E-state index in [0.29, 0.717) is 0 Å². The van der Waals surface area contributed by atoms with E-state index in [1.807, 2.05) is 29.8 Å². The Balaban J connectivity index is 2.86. The molecule has 0 aliphatic heterocycles. The minimum absolute atomic E-state index is 0.889. The molecule has 0 unspecified atom stereocenters. The van der Waals surface area contributed by atoms with Crippen LogP contribution in [0.2, 0.25) is 0 Å². The summed E-state index contributed by atoms with van der Waals surface area (Å²) in [5, 5.41) is 0. The van der Waals surface area contributed by atoms with E-state index in [0.717, 1.165) is 11.2 Å².